The topological polar surface area (TPSA) is 121 Å². The lowest BCUT2D eigenvalue weighted by Gasteiger charge is -2.08. The minimum Gasteiger partial charge on any atom is -0.475 e. The van der Waals surface area contributed by atoms with Gasteiger partial charge in [-0.05, 0) is 12.5 Å². The number of nitrogens with two attached hydrogens (primary N) is 1. The number of hydrogen-bond donors (Lipinski definition) is 2. The molecule has 1 aliphatic rings. The van der Waals surface area contributed by atoms with E-state index in [1.165, 1.54) is 0 Å². The van der Waals surface area contributed by atoms with Crippen LogP contribution >= 0.6 is 0 Å². The highest BCUT2D eigenvalue weighted by Gasteiger charge is 2.24. The fourth-order valence-electron chi connectivity index (χ4n) is 2.79. The van der Waals surface area contributed by atoms with Crippen molar-refractivity contribution in [2.24, 2.45) is 0 Å². The molecule has 0 saturated carbocycles. The number of carbonyl (C=O) groups excluding carboxylic acids is 1. The molecule has 3 aromatic heterocycles. The van der Waals surface area contributed by atoms with E-state index in [4.69, 9.17) is 10.5 Å². The number of anilines is 1. The van der Waals surface area contributed by atoms with Gasteiger partial charge in [-0.15, -0.1) is 0 Å². The molecule has 0 saturated heterocycles. The van der Waals surface area contributed by atoms with Crippen molar-refractivity contribution in [1.82, 2.24) is 29.8 Å². The van der Waals surface area contributed by atoms with Crippen molar-refractivity contribution in [2.75, 3.05) is 18.9 Å². The first-order valence-corrected chi connectivity index (χ1v) is 8.08. The zero-order valence-corrected chi connectivity index (χ0v) is 13.7. The second-order valence-corrected chi connectivity index (χ2v) is 5.69. The number of aromatic nitrogens is 5. The number of rotatable bonds is 3. The number of ether oxygens (including phenoxy) is 1. The Hall–Kier alpha value is -3.23. The minimum absolute atomic E-state index is 0.0478. The second kappa shape index (κ2) is 6.00. The molecule has 0 aromatic carbocycles. The van der Waals surface area contributed by atoms with Crippen LogP contribution in [0.5, 0.6) is 5.88 Å². The van der Waals surface area contributed by atoms with Crippen molar-refractivity contribution >= 4 is 22.8 Å². The fourth-order valence-corrected chi connectivity index (χ4v) is 2.79. The Morgan fingerprint density at radius 3 is 3.04 bits per heavy atom. The number of aryl methyl sites for hydroxylation is 1. The molecule has 1 aliphatic heterocycles. The maximum Gasteiger partial charge on any atom is 0.260 e. The Kier molecular flexibility index (Phi) is 3.68. The van der Waals surface area contributed by atoms with Crippen LogP contribution in [0.3, 0.4) is 0 Å². The Morgan fingerprint density at radius 2 is 2.20 bits per heavy atom. The summed E-state index contributed by atoms with van der Waals surface area (Å²) in [6, 6.07) is 1.92. The largest absolute Gasteiger partial charge is 0.475 e. The molecule has 0 bridgehead atoms. The molecule has 0 atom stereocenters. The molecule has 9 heteroatoms. The zero-order chi connectivity index (χ0) is 17.4. The van der Waals surface area contributed by atoms with Gasteiger partial charge in [0.15, 0.2) is 5.82 Å². The molecule has 4 rings (SSSR count). The molecule has 0 unspecified atom stereocenters. The lowest BCUT2D eigenvalue weighted by Crippen LogP contribution is -2.25. The molecule has 3 aromatic rings. The summed E-state index contributed by atoms with van der Waals surface area (Å²) in [7, 11) is 0. The monoisotopic (exact) mass is 339 g/mol. The molecule has 0 fully saturated rings. The van der Waals surface area contributed by atoms with Crippen LogP contribution in [-0.2, 0) is 6.54 Å². The van der Waals surface area contributed by atoms with Gasteiger partial charge in [0.05, 0.1) is 23.8 Å². The maximum atomic E-state index is 12.0. The molecule has 0 radical (unpaired) electrons. The van der Waals surface area contributed by atoms with Gasteiger partial charge in [0.2, 0.25) is 11.7 Å². The third-order valence-corrected chi connectivity index (χ3v) is 3.94. The van der Waals surface area contributed by atoms with Crippen LogP contribution in [0.15, 0.2) is 18.5 Å². The molecular weight excluding hydrogens is 322 g/mol. The van der Waals surface area contributed by atoms with Crippen LogP contribution in [0, 0.1) is 0 Å². The predicted octanol–water partition coefficient (Wildman–Crippen LogP) is 1.00. The Bertz CT molecular complexity index is 967. The standard InChI is InChI=1S/C16H17N7O2/c1-2-5-23-6-3-9-10(23)8-19-13(20-9)14-21-12(17)11-15(24)18-4-7-25-16(11)22-14/h3,6,8H,2,4-5,7H2,1H3,(H,18,24)(H2,17,21,22). The first-order chi connectivity index (χ1) is 12.2. The SMILES string of the molecule is CCCn1ccc2nc(-c3nc(N)c4c(n3)OCCNC4=O)ncc21. The van der Waals surface area contributed by atoms with E-state index in [2.05, 4.69) is 36.7 Å². The summed E-state index contributed by atoms with van der Waals surface area (Å²) in [5.74, 6) is 0.432. The average Bonchev–Trinajstić information content (AvgIpc) is 2.90. The molecule has 25 heavy (non-hydrogen) atoms. The van der Waals surface area contributed by atoms with Gasteiger partial charge in [0.1, 0.15) is 18.0 Å². The van der Waals surface area contributed by atoms with E-state index in [1.807, 2.05) is 12.3 Å². The molecule has 9 nitrogen and oxygen atoms in total. The maximum absolute atomic E-state index is 12.0. The second-order valence-electron chi connectivity index (χ2n) is 5.69. The van der Waals surface area contributed by atoms with Gasteiger partial charge in [-0.2, -0.15) is 4.98 Å². The quantitative estimate of drug-likeness (QED) is 0.730. The van der Waals surface area contributed by atoms with E-state index in [1.54, 1.807) is 6.20 Å². The highest BCUT2D eigenvalue weighted by Crippen LogP contribution is 2.26. The third-order valence-electron chi connectivity index (χ3n) is 3.94. The van der Waals surface area contributed by atoms with E-state index in [0.29, 0.717) is 19.0 Å². The van der Waals surface area contributed by atoms with E-state index in [-0.39, 0.29) is 29.0 Å². The highest BCUT2D eigenvalue weighted by molar-refractivity contribution is 6.01. The molecule has 1 amide bonds. The number of nitrogen functional groups attached to an aromatic ring is 1. The smallest absolute Gasteiger partial charge is 0.260 e. The number of carbonyl (C=O) groups is 1. The first kappa shape index (κ1) is 15.3. The summed E-state index contributed by atoms with van der Waals surface area (Å²) in [6.45, 7) is 3.72. The van der Waals surface area contributed by atoms with Crippen molar-refractivity contribution in [3.05, 3.63) is 24.0 Å². The zero-order valence-electron chi connectivity index (χ0n) is 13.7. The summed E-state index contributed by atoms with van der Waals surface area (Å²) in [6.07, 6.45) is 4.74. The van der Waals surface area contributed by atoms with E-state index >= 15 is 0 Å². The molecule has 128 valence electrons. The summed E-state index contributed by atoms with van der Waals surface area (Å²) in [4.78, 5) is 29.4. The first-order valence-electron chi connectivity index (χ1n) is 8.08. The molecular formula is C16H17N7O2. The van der Waals surface area contributed by atoms with Gasteiger partial charge in [-0.3, -0.25) is 4.79 Å². The minimum atomic E-state index is -0.343. The van der Waals surface area contributed by atoms with Gasteiger partial charge in [0, 0.05) is 12.7 Å². The van der Waals surface area contributed by atoms with Crippen molar-refractivity contribution in [3.8, 4) is 17.5 Å². The molecule has 4 heterocycles. The van der Waals surface area contributed by atoms with Crippen LogP contribution < -0.4 is 15.8 Å². The van der Waals surface area contributed by atoms with Crippen LogP contribution in [0.4, 0.5) is 5.82 Å². The number of amides is 1. The normalized spacial score (nSPS) is 13.9. The Morgan fingerprint density at radius 1 is 1.32 bits per heavy atom. The summed E-state index contributed by atoms with van der Waals surface area (Å²) in [5.41, 5.74) is 7.84. The Balaban J connectivity index is 1.79. The van der Waals surface area contributed by atoms with Crippen molar-refractivity contribution < 1.29 is 9.53 Å². The summed E-state index contributed by atoms with van der Waals surface area (Å²) >= 11 is 0. The molecule has 3 N–H and O–H groups in total. The van der Waals surface area contributed by atoms with Gasteiger partial charge in [-0.1, -0.05) is 6.92 Å². The fraction of sp³-hybridized carbons (Fsp3) is 0.312. The van der Waals surface area contributed by atoms with Crippen LogP contribution in [-0.4, -0.2) is 43.6 Å². The molecule has 0 aliphatic carbocycles. The van der Waals surface area contributed by atoms with Gasteiger partial charge >= 0.3 is 0 Å². The number of nitrogens with one attached hydrogen (secondary N) is 1. The van der Waals surface area contributed by atoms with E-state index < -0.39 is 0 Å². The van der Waals surface area contributed by atoms with Crippen molar-refractivity contribution in [2.45, 2.75) is 19.9 Å². The number of hydrogen-bond acceptors (Lipinski definition) is 7. The van der Waals surface area contributed by atoms with Gasteiger partial charge < -0.3 is 20.4 Å². The van der Waals surface area contributed by atoms with Crippen molar-refractivity contribution in [1.29, 1.82) is 0 Å². The Labute approximate surface area is 143 Å². The van der Waals surface area contributed by atoms with Crippen LogP contribution in [0.2, 0.25) is 0 Å². The third kappa shape index (κ3) is 2.63. The van der Waals surface area contributed by atoms with Gasteiger partial charge in [0.25, 0.3) is 5.91 Å². The van der Waals surface area contributed by atoms with E-state index in [9.17, 15) is 4.79 Å². The van der Waals surface area contributed by atoms with Crippen LogP contribution in [0.25, 0.3) is 22.7 Å². The predicted molar refractivity (Wildman–Crippen MR) is 91.1 cm³/mol. The summed E-state index contributed by atoms with van der Waals surface area (Å²) in [5, 5.41) is 2.68. The van der Waals surface area contributed by atoms with Crippen molar-refractivity contribution in [3.63, 3.8) is 0 Å². The molecule has 0 spiro atoms. The lowest BCUT2D eigenvalue weighted by atomic mass is 10.2. The van der Waals surface area contributed by atoms with Gasteiger partial charge in [-0.25, -0.2) is 15.0 Å². The number of nitrogens with zero attached hydrogens (tertiary/aromatic N) is 5. The number of fused-ring (bicyclic) bond motifs is 2. The van der Waals surface area contributed by atoms with E-state index in [0.717, 1.165) is 24.0 Å². The highest BCUT2D eigenvalue weighted by atomic mass is 16.5. The average molecular weight is 339 g/mol. The van der Waals surface area contributed by atoms with Crippen LogP contribution in [0.1, 0.15) is 23.7 Å². The summed E-state index contributed by atoms with van der Waals surface area (Å²) < 4.78 is 7.61. The lowest BCUT2D eigenvalue weighted by molar-refractivity contribution is 0.0957.